The first kappa shape index (κ1) is 14.4. The van der Waals surface area contributed by atoms with Gasteiger partial charge in [0.05, 0.1) is 11.1 Å². The molecule has 0 unspecified atom stereocenters. The lowest BCUT2D eigenvalue weighted by atomic mass is 10.2. The van der Waals surface area contributed by atoms with Crippen molar-refractivity contribution in [2.75, 3.05) is 6.26 Å². The first-order valence-electron chi connectivity index (χ1n) is 5.60. The van der Waals surface area contributed by atoms with Crippen molar-refractivity contribution in [2.45, 2.75) is 14.8 Å². The zero-order valence-electron chi connectivity index (χ0n) is 10.5. The first-order valence-corrected chi connectivity index (χ1v) is 7.64. The minimum atomic E-state index is -1.00. The van der Waals surface area contributed by atoms with Gasteiger partial charge in [-0.05, 0) is 30.5 Å². The number of nitrogens with zero attached hydrogens (tertiary/aromatic N) is 2. The third-order valence-corrected chi connectivity index (χ3v) is 4.31. The highest BCUT2D eigenvalue weighted by molar-refractivity contribution is 7.99. The molecule has 1 N–H and O–H groups in total. The molecule has 100 valence electrons. The van der Waals surface area contributed by atoms with Gasteiger partial charge in [0, 0.05) is 16.0 Å². The van der Waals surface area contributed by atoms with Crippen molar-refractivity contribution in [3.63, 3.8) is 0 Å². The number of thioether (sulfide) groups is 1. The molecule has 6 heteroatoms. The maximum atomic E-state index is 10.8. The van der Waals surface area contributed by atoms with E-state index in [0.29, 0.717) is 10.6 Å². The van der Waals surface area contributed by atoms with E-state index in [9.17, 15) is 10.1 Å². The number of nitriles is 1. The van der Waals surface area contributed by atoms with Gasteiger partial charge in [0.25, 0.3) is 0 Å². The minimum absolute atomic E-state index is 0.146. The predicted octanol–water partition coefficient (Wildman–Crippen LogP) is 3.52. The molecule has 2 aromatic rings. The molecule has 2 rings (SSSR count). The zero-order chi connectivity index (χ0) is 14.5. The average Bonchev–Trinajstić information content (AvgIpc) is 2.47. The van der Waals surface area contributed by atoms with Crippen LogP contribution in [0.5, 0.6) is 0 Å². The van der Waals surface area contributed by atoms with Crippen LogP contribution in [0.2, 0.25) is 0 Å². The molecule has 0 saturated carbocycles. The van der Waals surface area contributed by atoms with Gasteiger partial charge in [-0.3, -0.25) is 0 Å². The summed E-state index contributed by atoms with van der Waals surface area (Å²) in [6, 6.07) is 11.0. The molecule has 0 saturated heterocycles. The number of carboxylic acids is 1. The molecular formula is C14H10N2O2S2. The number of benzene rings is 1. The maximum Gasteiger partial charge on any atom is 0.337 e. The van der Waals surface area contributed by atoms with E-state index >= 15 is 0 Å². The third kappa shape index (κ3) is 3.13. The van der Waals surface area contributed by atoms with E-state index < -0.39 is 5.97 Å². The quantitative estimate of drug-likeness (QED) is 0.871. The van der Waals surface area contributed by atoms with Gasteiger partial charge in [0.1, 0.15) is 11.1 Å². The number of pyridine rings is 1. The summed E-state index contributed by atoms with van der Waals surface area (Å²) in [4.78, 5) is 16.6. The zero-order valence-corrected chi connectivity index (χ0v) is 12.2. The number of carboxylic acid groups (broad SMARTS) is 1. The van der Waals surface area contributed by atoms with Crippen LogP contribution >= 0.6 is 23.5 Å². The smallest absolute Gasteiger partial charge is 0.337 e. The van der Waals surface area contributed by atoms with E-state index in [1.165, 1.54) is 35.8 Å². The van der Waals surface area contributed by atoms with Crippen molar-refractivity contribution in [1.82, 2.24) is 4.98 Å². The Morgan fingerprint density at radius 2 is 2.05 bits per heavy atom. The molecule has 0 fully saturated rings. The Bertz CT molecular complexity index is 679. The van der Waals surface area contributed by atoms with Crippen molar-refractivity contribution in [2.24, 2.45) is 0 Å². The molecular weight excluding hydrogens is 292 g/mol. The van der Waals surface area contributed by atoms with Gasteiger partial charge in [-0.1, -0.05) is 17.8 Å². The fraction of sp³-hybridized carbons (Fsp3) is 0.0714. The third-order valence-electron chi connectivity index (χ3n) is 2.52. The van der Waals surface area contributed by atoms with Crippen molar-refractivity contribution in [1.29, 1.82) is 5.26 Å². The number of hydrogen-bond acceptors (Lipinski definition) is 5. The number of carbonyl (C=O) groups is 1. The second-order valence-corrected chi connectivity index (χ2v) is 5.65. The number of hydrogen-bond donors (Lipinski definition) is 1. The highest BCUT2D eigenvalue weighted by Gasteiger charge is 2.10. The van der Waals surface area contributed by atoms with Crippen LogP contribution in [0.3, 0.4) is 0 Å². The Kier molecular flexibility index (Phi) is 4.66. The van der Waals surface area contributed by atoms with E-state index in [2.05, 4.69) is 11.1 Å². The summed E-state index contributed by atoms with van der Waals surface area (Å²) in [5, 5.41) is 18.7. The Balaban J connectivity index is 2.30. The van der Waals surface area contributed by atoms with Crippen LogP contribution in [0.1, 0.15) is 15.9 Å². The van der Waals surface area contributed by atoms with E-state index in [-0.39, 0.29) is 5.56 Å². The molecule has 1 heterocycles. The van der Waals surface area contributed by atoms with Crippen LogP contribution in [0.4, 0.5) is 0 Å². The highest BCUT2D eigenvalue weighted by atomic mass is 32.2. The van der Waals surface area contributed by atoms with Crippen LogP contribution in [0, 0.1) is 11.3 Å². The topological polar surface area (TPSA) is 74.0 Å². The van der Waals surface area contributed by atoms with Crippen LogP contribution in [0.25, 0.3) is 0 Å². The summed E-state index contributed by atoms with van der Waals surface area (Å²) in [7, 11) is 0. The first-order chi connectivity index (χ1) is 9.65. The van der Waals surface area contributed by atoms with E-state index in [4.69, 9.17) is 5.11 Å². The van der Waals surface area contributed by atoms with Crippen LogP contribution in [0.15, 0.2) is 51.3 Å². The summed E-state index contributed by atoms with van der Waals surface area (Å²) in [6.07, 6.45) is 3.24. The minimum Gasteiger partial charge on any atom is -0.478 e. The van der Waals surface area contributed by atoms with Crippen molar-refractivity contribution < 1.29 is 9.90 Å². The van der Waals surface area contributed by atoms with Gasteiger partial charge in [-0.2, -0.15) is 5.26 Å². The number of aromatic carboxylic acids is 1. The van der Waals surface area contributed by atoms with Crippen molar-refractivity contribution >= 4 is 29.5 Å². The highest BCUT2D eigenvalue weighted by Crippen LogP contribution is 2.33. The van der Waals surface area contributed by atoms with Gasteiger partial charge in [0.15, 0.2) is 0 Å². The van der Waals surface area contributed by atoms with Crippen molar-refractivity contribution in [3.8, 4) is 6.07 Å². The molecule has 20 heavy (non-hydrogen) atoms. The number of aromatic nitrogens is 1. The Hall–Kier alpha value is -1.97. The lowest BCUT2D eigenvalue weighted by Crippen LogP contribution is -1.96. The molecule has 0 amide bonds. The van der Waals surface area contributed by atoms with Gasteiger partial charge in [0.2, 0.25) is 0 Å². The van der Waals surface area contributed by atoms with Gasteiger partial charge in [-0.25, -0.2) is 9.78 Å². The standard InChI is InChI=1S/C14H10N2O2S2/c1-19-11-3-2-4-12(10(11)7-15)20-13-6-5-9(8-16-13)14(17)18/h2-6,8H,1H3,(H,17,18). The van der Waals surface area contributed by atoms with Gasteiger partial charge < -0.3 is 5.11 Å². The summed E-state index contributed by atoms with van der Waals surface area (Å²) in [6.45, 7) is 0. The molecule has 0 bridgehead atoms. The van der Waals surface area contributed by atoms with Crippen LogP contribution in [-0.4, -0.2) is 22.3 Å². The lowest BCUT2D eigenvalue weighted by molar-refractivity contribution is 0.0696. The molecule has 0 aliphatic rings. The monoisotopic (exact) mass is 302 g/mol. The van der Waals surface area contributed by atoms with E-state index in [0.717, 1.165) is 9.79 Å². The lowest BCUT2D eigenvalue weighted by Gasteiger charge is -2.06. The largest absolute Gasteiger partial charge is 0.478 e. The van der Waals surface area contributed by atoms with Crippen molar-refractivity contribution in [3.05, 3.63) is 47.7 Å². The Morgan fingerprint density at radius 3 is 2.60 bits per heavy atom. The molecule has 0 atom stereocenters. The van der Waals surface area contributed by atoms with Crippen LogP contribution in [-0.2, 0) is 0 Å². The second-order valence-electron chi connectivity index (χ2n) is 3.74. The molecule has 1 aromatic heterocycles. The summed E-state index contributed by atoms with van der Waals surface area (Å²) < 4.78 is 0. The molecule has 0 radical (unpaired) electrons. The SMILES string of the molecule is CSc1cccc(Sc2ccc(C(=O)O)cn2)c1C#N. The Labute approximate surface area is 124 Å². The van der Waals surface area contributed by atoms with Gasteiger partial charge >= 0.3 is 5.97 Å². The fourth-order valence-corrected chi connectivity index (χ4v) is 3.07. The fourth-order valence-electron chi connectivity index (χ4n) is 1.56. The normalized spacial score (nSPS) is 10.0. The second kappa shape index (κ2) is 6.46. The number of rotatable bonds is 4. The van der Waals surface area contributed by atoms with Gasteiger partial charge in [-0.15, -0.1) is 11.8 Å². The maximum absolute atomic E-state index is 10.8. The van der Waals surface area contributed by atoms with Crippen LogP contribution < -0.4 is 0 Å². The predicted molar refractivity (Wildman–Crippen MR) is 78.3 cm³/mol. The summed E-state index contributed by atoms with van der Waals surface area (Å²) in [5.74, 6) is -1.00. The Morgan fingerprint density at radius 1 is 1.30 bits per heavy atom. The molecule has 0 aliphatic heterocycles. The van der Waals surface area contributed by atoms with E-state index in [1.54, 1.807) is 6.07 Å². The summed E-state index contributed by atoms with van der Waals surface area (Å²) >= 11 is 2.87. The molecule has 0 aliphatic carbocycles. The molecule has 4 nitrogen and oxygen atoms in total. The average molecular weight is 302 g/mol. The molecule has 1 aromatic carbocycles. The van der Waals surface area contributed by atoms with E-state index in [1.807, 2.05) is 24.5 Å². The molecule has 0 spiro atoms. The summed E-state index contributed by atoms with van der Waals surface area (Å²) in [5.41, 5.74) is 0.766.